The summed E-state index contributed by atoms with van der Waals surface area (Å²) in [4.78, 5) is 4.67. The van der Waals surface area contributed by atoms with E-state index in [1.54, 1.807) is 0 Å². The Balaban J connectivity index is 1.81. The van der Waals surface area contributed by atoms with Crippen LogP contribution >= 0.6 is 0 Å². The van der Waals surface area contributed by atoms with E-state index in [1.165, 1.54) is 29.5 Å². The van der Waals surface area contributed by atoms with Crippen LogP contribution in [0.5, 0.6) is 0 Å². The molecule has 1 aliphatic carbocycles. The summed E-state index contributed by atoms with van der Waals surface area (Å²) in [6, 6.07) is 6.71. The predicted molar refractivity (Wildman–Crippen MR) is 102 cm³/mol. The molecule has 0 N–H and O–H groups in total. The monoisotopic (exact) mass is 327 g/mol. The van der Waals surface area contributed by atoms with Gasteiger partial charge in [-0.05, 0) is 72.6 Å². The zero-order valence-electron chi connectivity index (χ0n) is 15.1. The van der Waals surface area contributed by atoms with Crippen LogP contribution in [0.3, 0.4) is 0 Å². The average molecular weight is 327 g/mol. The molecule has 2 aliphatic rings. The van der Waals surface area contributed by atoms with Gasteiger partial charge in [0.1, 0.15) is 6.17 Å². The van der Waals surface area contributed by atoms with Crippen molar-refractivity contribution in [1.82, 2.24) is 0 Å². The van der Waals surface area contributed by atoms with Crippen LogP contribution in [0.4, 0.5) is 10.1 Å². The van der Waals surface area contributed by atoms with Crippen molar-refractivity contribution in [2.75, 3.05) is 0 Å². The lowest BCUT2D eigenvalue weighted by atomic mass is 9.77. The normalized spacial score (nSPS) is 26.4. The van der Waals surface area contributed by atoms with Crippen LogP contribution in [-0.2, 0) is 0 Å². The van der Waals surface area contributed by atoms with E-state index in [1.807, 2.05) is 0 Å². The van der Waals surface area contributed by atoms with Gasteiger partial charge in [-0.2, -0.15) is 0 Å². The van der Waals surface area contributed by atoms with Crippen molar-refractivity contribution in [2.24, 2.45) is 16.8 Å². The van der Waals surface area contributed by atoms with Gasteiger partial charge in [-0.25, -0.2) is 4.39 Å². The van der Waals surface area contributed by atoms with E-state index >= 15 is 0 Å². The summed E-state index contributed by atoms with van der Waals surface area (Å²) in [6.45, 7) is 8.91. The van der Waals surface area contributed by atoms with Crippen molar-refractivity contribution in [1.29, 1.82) is 0 Å². The Morgan fingerprint density at radius 3 is 2.58 bits per heavy atom. The fraction of sp³-hybridized carbons (Fsp3) is 0.591. The first-order valence-electron chi connectivity index (χ1n) is 9.63. The lowest BCUT2D eigenvalue weighted by Gasteiger charge is -2.29. The van der Waals surface area contributed by atoms with Crippen LogP contribution in [0.1, 0.15) is 75.8 Å². The van der Waals surface area contributed by atoms with E-state index in [4.69, 9.17) is 0 Å². The van der Waals surface area contributed by atoms with Gasteiger partial charge in [-0.3, -0.25) is 4.99 Å². The smallest absolute Gasteiger partial charge is 0.100 e. The summed E-state index contributed by atoms with van der Waals surface area (Å²) in [5.41, 5.74) is 4.88. The molecule has 1 saturated carbocycles. The third kappa shape index (κ3) is 3.48. The number of halogens is 1. The molecule has 1 fully saturated rings. The topological polar surface area (TPSA) is 12.4 Å². The van der Waals surface area contributed by atoms with Crippen molar-refractivity contribution in [2.45, 2.75) is 70.9 Å². The molecule has 0 saturated heterocycles. The van der Waals surface area contributed by atoms with Gasteiger partial charge in [-0.1, -0.05) is 45.4 Å². The van der Waals surface area contributed by atoms with Crippen LogP contribution in [0.25, 0.3) is 5.57 Å². The SMILES string of the molecule is C=C(c1ccc2c(c1)N=CCC2C(CC)CC)C1CCC(F)CC1. The van der Waals surface area contributed by atoms with E-state index in [9.17, 15) is 4.39 Å². The Kier molecular flexibility index (Phi) is 5.53. The fourth-order valence-corrected chi connectivity index (χ4v) is 4.50. The minimum Gasteiger partial charge on any atom is -0.261 e. The van der Waals surface area contributed by atoms with E-state index in [-0.39, 0.29) is 0 Å². The molecular weight excluding hydrogens is 297 g/mol. The van der Waals surface area contributed by atoms with Crippen molar-refractivity contribution in [3.05, 3.63) is 35.9 Å². The van der Waals surface area contributed by atoms with Gasteiger partial charge in [0.25, 0.3) is 0 Å². The van der Waals surface area contributed by atoms with Crippen LogP contribution in [0.2, 0.25) is 0 Å². The summed E-state index contributed by atoms with van der Waals surface area (Å²) >= 11 is 0. The molecule has 2 heteroatoms. The molecule has 1 nitrogen and oxygen atoms in total. The number of alkyl halides is 1. The fourth-order valence-electron chi connectivity index (χ4n) is 4.50. The zero-order valence-corrected chi connectivity index (χ0v) is 15.1. The molecule has 1 aromatic rings. The molecule has 0 bridgehead atoms. The molecule has 1 aliphatic heterocycles. The number of benzene rings is 1. The van der Waals surface area contributed by atoms with Crippen LogP contribution in [0.15, 0.2) is 29.8 Å². The van der Waals surface area contributed by atoms with E-state index < -0.39 is 6.17 Å². The standard InChI is InChI=1S/C22H30FN/c1-4-16(5-2)20-12-13-24-22-14-18(8-11-21(20)22)15(3)17-6-9-19(23)10-7-17/h8,11,13-14,16-17,19-20H,3-7,9-10,12H2,1-2H3. The van der Waals surface area contributed by atoms with Crippen molar-refractivity contribution in [3.63, 3.8) is 0 Å². The number of fused-ring (bicyclic) bond motifs is 1. The van der Waals surface area contributed by atoms with Gasteiger partial charge in [-0.15, -0.1) is 0 Å². The second-order valence-corrected chi connectivity index (χ2v) is 7.48. The molecule has 1 atom stereocenters. The number of hydrogen-bond acceptors (Lipinski definition) is 1. The summed E-state index contributed by atoms with van der Waals surface area (Å²) in [5.74, 6) is 1.75. The van der Waals surface area contributed by atoms with Crippen LogP contribution in [0, 0.1) is 11.8 Å². The first-order valence-corrected chi connectivity index (χ1v) is 9.63. The zero-order chi connectivity index (χ0) is 17.1. The maximum Gasteiger partial charge on any atom is 0.100 e. The maximum absolute atomic E-state index is 13.4. The minimum atomic E-state index is -0.608. The van der Waals surface area contributed by atoms with Crippen LogP contribution < -0.4 is 0 Å². The summed E-state index contributed by atoms with van der Waals surface area (Å²) in [6.07, 6.45) is 8.19. The molecule has 24 heavy (non-hydrogen) atoms. The number of rotatable bonds is 5. The summed E-state index contributed by atoms with van der Waals surface area (Å²) in [5, 5.41) is 0. The third-order valence-corrected chi connectivity index (χ3v) is 6.16. The highest BCUT2D eigenvalue weighted by molar-refractivity contribution is 5.75. The molecule has 0 radical (unpaired) electrons. The van der Waals surface area contributed by atoms with E-state index in [2.05, 4.69) is 49.8 Å². The molecule has 0 aromatic heterocycles. The molecule has 1 unspecified atom stereocenters. The largest absolute Gasteiger partial charge is 0.261 e. The molecule has 1 heterocycles. The Morgan fingerprint density at radius 1 is 1.21 bits per heavy atom. The third-order valence-electron chi connectivity index (χ3n) is 6.16. The summed E-state index contributed by atoms with van der Waals surface area (Å²) in [7, 11) is 0. The van der Waals surface area contributed by atoms with Crippen LogP contribution in [-0.4, -0.2) is 12.4 Å². The van der Waals surface area contributed by atoms with Gasteiger partial charge in [0.05, 0.1) is 5.69 Å². The Morgan fingerprint density at radius 2 is 1.92 bits per heavy atom. The Labute approximate surface area is 146 Å². The first kappa shape index (κ1) is 17.4. The lowest BCUT2D eigenvalue weighted by molar-refractivity contribution is 0.230. The second kappa shape index (κ2) is 7.63. The molecule has 1 aromatic carbocycles. The maximum atomic E-state index is 13.4. The van der Waals surface area contributed by atoms with E-state index in [0.29, 0.717) is 24.7 Å². The summed E-state index contributed by atoms with van der Waals surface area (Å²) < 4.78 is 13.4. The number of hydrogen-bond donors (Lipinski definition) is 0. The molecular formula is C22H30FN. The van der Waals surface area contributed by atoms with Gasteiger partial charge >= 0.3 is 0 Å². The first-order chi connectivity index (χ1) is 11.6. The highest BCUT2D eigenvalue weighted by Gasteiger charge is 2.26. The Hall–Kier alpha value is -1.44. The highest BCUT2D eigenvalue weighted by Crippen LogP contribution is 2.42. The van der Waals surface area contributed by atoms with Crippen molar-refractivity contribution < 1.29 is 4.39 Å². The van der Waals surface area contributed by atoms with Gasteiger partial charge < -0.3 is 0 Å². The molecule has 130 valence electrons. The quantitative estimate of drug-likeness (QED) is 0.560. The molecule has 3 rings (SSSR count). The average Bonchev–Trinajstić information content (AvgIpc) is 2.62. The number of allylic oxidation sites excluding steroid dienone is 1. The van der Waals surface area contributed by atoms with Crippen molar-refractivity contribution >= 4 is 17.5 Å². The minimum absolute atomic E-state index is 0.428. The molecule has 0 amide bonds. The molecule has 0 spiro atoms. The Bertz CT molecular complexity index is 606. The highest BCUT2D eigenvalue weighted by atomic mass is 19.1. The second-order valence-electron chi connectivity index (χ2n) is 7.48. The van der Waals surface area contributed by atoms with Gasteiger partial charge in [0.15, 0.2) is 0 Å². The number of aliphatic imine (C=N–C) groups is 1. The number of nitrogens with zero attached hydrogens (tertiary/aromatic N) is 1. The van der Waals surface area contributed by atoms with E-state index in [0.717, 1.165) is 30.9 Å². The van der Waals surface area contributed by atoms with Crippen molar-refractivity contribution in [3.8, 4) is 0 Å². The lowest BCUT2D eigenvalue weighted by Crippen LogP contribution is -2.16. The van der Waals surface area contributed by atoms with Gasteiger partial charge in [0.2, 0.25) is 0 Å². The van der Waals surface area contributed by atoms with Gasteiger partial charge in [0, 0.05) is 6.21 Å². The predicted octanol–water partition coefficient (Wildman–Crippen LogP) is 6.85.